The van der Waals surface area contributed by atoms with E-state index < -0.39 is 0 Å². The Labute approximate surface area is 104 Å². The van der Waals surface area contributed by atoms with E-state index in [0.717, 1.165) is 18.2 Å². The van der Waals surface area contributed by atoms with Gasteiger partial charge in [0.15, 0.2) is 6.71 Å². The van der Waals surface area contributed by atoms with Gasteiger partial charge in [-0.2, -0.15) is 0 Å². The summed E-state index contributed by atoms with van der Waals surface area (Å²) in [6.07, 6.45) is 8.04. The van der Waals surface area contributed by atoms with Gasteiger partial charge in [0, 0.05) is 0 Å². The largest absolute Gasteiger partial charge is 0.207 e. The average Bonchev–Trinajstić information content (AvgIpc) is 2.30. The second kappa shape index (κ2) is 6.90. The van der Waals surface area contributed by atoms with Crippen LogP contribution in [0.15, 0.2) is 56.2 Å². The van der Waals surface area contributed by atoms with Gasteiger partial charge in [-0.1, -0.05) is 42.4 Å². The molecule has 0 bridgehead atoms. The van der Waals surface area contributed by atoms with Crippen molar-refractivity contribution in [2.75, 3.05) is 0 Å². The number of benzene rings is 1. The summed E-state index contributed by atoms with van der Waals surface area (Å²) in [7, 11) is 0. The Morgan fingerprint density at radius 1 is 1.06 bits per heavy atom. The Hall–Kier alpha value is -1.57. The van der Waals surface area contributed by atoms with E-state index in [4.69, 9.17) is 0 Å². The molecule has 0 aliphatic heterocycles. The van der Waals surface area contributed by atoms with Gasteiger partial charge in [-0.05, 0) is 24.1 Å². The molecule has 1 rings (SSSR count). The van der Waals surface area contributed by atoms with E-state index >= 15 is 0 Å². The SMILES string of the molecule is C=CCB(CC=C)c1ccc(F)cc1CC=C. The number of halogens is 1. The van der Waals surface area contributed by atoms with Crippen LogP contribution in [0.3, 0.4) is 0 Å². The number of hydrogen-bond donors (Lipinski definition) is 0. The van der Waals surface area contributed by atoms with Gasteiger partial charge in [-0.15, -0.1) is 19.7 Å². The molecule has 1 aromatic carbocycles. The maximum atomic E-state index is 13.2. The Morgan fingerprint density at radius 2 is 1.71 bits per heavy atom. The third kappa shape index (κ3) is 3.74. The Morgan fingerprint density at radius 3 is 2.24 bits per heavy atom. The fourth-order valence-electron chi connectivity index (χ4n) is 2.06. The van der Waals surface area contributed by atoms with Crippen molar-refractivity contribution in [3.63, 3.8) is 0 Å². The van der Waals surface area contributed by atoms with Crippen LogP contribution in [0, 0.1) is 5.82 Å². The predicted octanol–water partition coefficient (Wildman–Crippen LogP) is 3.63. The van der Waals surface area contributed by atoms with Crippen molar-refractivity contribution in [1.29, 1.82) is 0 Å². The maximum absolute atomic E-state index is 13.2. The molecular formula is C15H18BF. The molecule has 0 heterocycles. The van der Waals surface area contributed by atoms with Crippen molar-refractivity contribution in [3.05, 3.63) is 67.5 Å². The zero-order valence-corrected chi connectivity index (χ0v) is 10.2. The highest BCUT2D eigenvalue weighted by Gasteiger charge is 2.16. The first-order valence-electron chi connectivity index (χ1n) is 5.84. The normalized spacial score (nSPS) is 9.71. The highest BCUT2D eigenvalue weighted by molar-refractivity contribution is 6.74. The number of allylic oxidation sites excluding steroid dienone is 3. The van der Waals surface area contributed by atoms with E-state index in [1.807, 2.05) is 18.2 Å². The van der Waals surface area contributed by atoms with Gasteiger partial charge in [-0.3, -0.25) is 0 Å². The second-order valence-corrected chi connectivity index (χ2v) is 4.08. The van der Waals surface area contributed by atoms with E-state index in [-0.39, 0.29) is 5.82 Å². The highest BCUT2D eigenvalue weighted by Crippen LogP contribution is 2.10. The van der Waals surface area contributed by atoms with Crippen LogP contribution in [-0.4, -0.2) is 6.71 Å². The first kappa shape index (κ1) is 13.5. The van der Waals surface area contributed by atoms with Crippen molar-refractivity contribution in [2.45, 2.75) is 19.1 Å². The molecule has 0 spiro atoms. The predicted molar refractivity (Wildman–Crippen MR) is 75.7 cm³/mol. The van der Waals surface area contributed by atoms with Crippen molar-refractivity contribution in [3.8, 4) is 0 Å². The molecule has 0 saturated heterocycles. The third-order valence-electron chi connectivity index (χ3n) is 2.81. The summed E-state index contributed by atoms with van der Waals surface area (Å²) in [5, 5.41) is 0. The molecule has 2 heteroatoms. The summed E-state index contributed by atoms with van der Waals surface area (Å²) in [6.45, 7) is 11.6. The summed E-state index contributed by atoms with van der Waals surface area (Å²) in [6, 6.07) is 4.98. The Bertz CT molecular complexity index is 399. The minimum atomic E-state index is -0.193. The third-order valence-corrected chi connectivity index (χ3v) is 2.81. The lowest BCUT2D eigenvalue weighted by molar-refractivity contribution is 0.626. The van der Waals surface area contributed by atoms with Gasteiger partial charge in [0.2, 0.25) is 0 Å². The number of rotatable bonds is 7. The summed E-state index contributed by atoms with van der Waals surface area (Å²) in [5.41, 5.74) is 2.18. The maximum Gasteiger partial charge on any atom is 0.183 e. The van der Waals surface area contributed by atoms with Crippen LogP contribution in [0.1, 0.15) is 5.56 Å². The van der Waals surface area contributed by atoms with Crippen molar-refractivity contribution < 1.29 is 4.39 Å². The first-order valence-corrected chi connectivity index (χ1v) is 5.84. The van der Waals surface area contributed by atoms with Crippen LogP contribution >= 0.6 is 0 Å². The van der Waals surface area contributed by atoms with Gasteiger partial charge in [-0.25, -0.2) is 4.39 Å². The van der Waals surface area contributed by atoms with Crippen LogP contribution in [0.25, 0.3) is 0 Å². The minimum absolute atomic E-state index is 0.193. The van der Waals surface area contributed by atoms with Crippen LogP contribution in [0.5, 0.6) is 0 Å². The van der Waals surface area contributed by atoms with E-state index in [1.165, 1.54) is 11.5 Å². The Kier molecular flexibility index (Phi) is 5.48. The molecule has 0 saturated carbocycles. The molecule has 0 aliphatic carbocycles. The van der Waals surface area contributed by atoms with Crippen LogP contribution in [0.4, 0.5) is 4.39 Å². The molecule has 1 aromatic rings. The molecule has 0 fully saturated rings. The second-order valence-electron chi connectivity index (χ2n) is 4.08. The first-order chi connectivity index (χ1) is 8.22. The fraction of sp³-hybridized carbons (Fsp3) is 0.200. The summed E-state index contributed by atoms with van der Waals surface area (Å²) >= 11 is 0. The lowest BCUT2D eigenvalue weighted by Gasteiger charge is -2.14. The lowest BCUT2D eigenvalue weighted by atomic mass is 9.40. The van der Waals surface area contributed by atoms with Crippen LogP contribution in [0.2, 0.25) is 12.6 Å². The van der Waals surface area contributed by atoms with E-state index in [1.54, 1.807) is 12.1 Å². The molecular weight excluding hydrogens is 210 g/mol. The van der Waals surface area contributed by atoms with E-state index in [9.17, 15) is 4.39 Å². The van der Waals surface area contributed by atoms with Gasteiger partial charge < -0.3 is 0 Å². The van der Waals surface area contributed by atoms with Crippen molar-refractivity contribution in [1.82, 2.24) is 0 Å². The highest BCUT2D eigenvalue weighted by atomic mass is 19.1. The van der Waals surface area contributed by atoms with E-state index in [2.05, 4.69) is 19.7 Å². The summed E-state index contributed by atoms with van der Waals surface area (Å²) in [4.78, 5) is 0. The molecule has 0 unspecified atom stereocenters. The standard InChI is InChI=1S/C15H18BF/c1-4-7-13-12-14(17)8-9-15(13)16(10-5-2)11-6-3/h4-6,8-9,12H,1-3,7,10-11H2. The smallest absolute Gasteiger partial charge is 0.183 e. The van der Waals surface area contributed by atoms with Crippen LogP contribution in [-0.2, 0) is 6.42 Å². The summed E-state index contributed by atoms with van der Waals surface area (Å²) < 4.78 is 13.2. The molecule has 0 radical (unpaired) electrons. The molecule has 17 heavy (non-hydrogen) atoms. The van der Waals surface area contributed by atoms with Gasteiger partial charge in [0.1, 0.15) is 5.82 Å². The molecule has 88 valence electrons. The quantitative estimate of drug-likeness (QED) is 0.493. The minimum Gasteiger partial charge on any atom is -0.207 e. The number of hydrogen-bond acceptors (Lipinski definition) is 0. The topological polar surface area (TPSA) is 0 Å². The Balaban J connectivity index is 3.10. The zero-order chi connectivity index (χ0) is 12.7. The van der Waals surface area contributed by atoms with Crippen LogP contribution < -0.4 is 5.46 Å². The van der Waals surface area contributed by atoms with Gasteiger partial charge in [0.05, 0.1) is 0 Å². The van der Waals surface area contributed by atoms with Crippen molar-refractivity contribution >= 4 is 12.2 Å². The average molecular weight is 228 g/mol. The lowest BCUT2D eigenvalue weighted by Crippen LogP contribution is -2.32. The molecule has 0 N–H and O–H groups in total. The summed E-state index contributed by atoms with van der Waals surface area (Å²) in [5.74, 6) is -0.193. The van der Waals surface area contributed by atoms with Gasteiger partial charge >= 0.3 is 0 Å². The monoisotopic (exact) mass is 228 g/mol. The van der Waals surface area contributed by atoms with E-state index in [0.29, 0.717) is 13.1 Å². The molecule has 0 nitrogen and oxygen atoms in total. The van der Waals surface area contributed by atoms with Gasteiger partial charge in [0.25, 0.3) is 0 Å². The molecule has 0 aromatic heterocycles. The zero-order valence-electron chi connectivity index (χ0n) is 10.2. The molecule has 0 amide bonds. The molecule has 0 atom stereocenters. The molecule has 0 aliphatic rings. The fourth-order valence-corrected chi connectivity index (χ4v) is 2.06. The van der Waals surface area contributed by atoms with Crippen molar-refractivity contribution in [2.24, 2.45) is 0 Å².